The lowest BCUT2D eigenvalue weighted by atomic mass is 9.83. The molecule has 3 aliphatic rings. The highest BCUT2D eigenvalue weighted by molar-refractivity contribution is 6.10. The van der Waals surface area contributed by atoms with Crippen LogP contribution in [0.15, 0.2) is 84.2 Å². The third-order valence-electron chi connectivity index (χ3n) is 5.32. The Bertz CT molecular complexity index is 969. The molecule has 0 spiro atoms. The van der Waals surface area contributed by atoms with Gasteiger partial charge in [-0.1, -0.05) is 66.8 Å². The number of carbonyl (C=O) groups is 1. The third kappa shape index (κ3) is 1.96. The molecule has 0 saturated carbocycles. The van der Waals surface area contributed by atoms with Crippen molar-refractivity contribution in [3.05, 3.63) is 95.3 Å². The van der Waals surface area contributed by atoms with Gasteiger partial charge in [0.1, 0.15) is 11.7 Å². The van der Waals surface area contributed by atoms with Crippen molar-refractivity contribution in [2.45, 2.75) is 12.5 Å². The summed E-state index contributed by atoms with van der Waals surface area (Å²) in [5.41, 5.74) is 5.00. The van der Waals surface area contributed by atoms with E-state index in [1.807, 2.05) is 77.7 Å². The molecule has 0 radical (unpaired) electrons. The Hall–Kier alpha value is -3.07. The average Bonchev–Trinajstić information content (AvgIpc) is 3.00. The van der Waals surface area contributed by atoms with Gasteiger partial charge in [-0.25, -0.2) is 0 Å². The maximum Gasteiger partial charge on any atom is 0.238 e. The highest BCUT2D eigenvalue weighted by Gasteiger charge is 2.48. The Morgan fingerprint density at radius 3 is 2.60 bits per heavy atom. The molecule has 0 bridgehead atoms. The number of nitrogens with zero attached hydrogens (tertiary/aromatic N) is 1. The summed E-state index contributed by atoms with van der Waals surface area (Å²) in [5, 5.41) is 10.9. The number of aliphatic hydroxyl groups is 1. The van der Waals surface area contributed by atoms with Crippen LogP contribution >= 0.6 is 0 Å². The van der Waals surface area contributed by atoms with Crippen LogP contribution in [0.5, 0.6) is 0 Å². The van der Waals surface area contributed by atoms with Crippen molar-refractivity contribution in [1.29, 1.82) is 0 Å². The summed E-state index contributed by atoms with van der Waals surface area (Å²) >= 11 is 0. The lowest BCUT2D eigenvalue weighted by Crippen LogP contribution is -2.48. The molecule has 25 heavy (non-hydrogen) atoms. The molecule has 1 aliphatic carbocycles. The van der Waals surface area contributed by atoms with Gasteiger partial charge < -0.3 is 5.11 Å². The van der Waals surface area contributed by atoms with Crippen LogP contribution in [-0.2, 0) is 11.2 Å². The van der Waals surface area contributed by atoms with Crippen LogP contribution in [0.2, 0.25) is 0 Å². The lowest BCUT2D eigenvalue weighted by molar-refractivity contribution is -0.122. The van der Waals surface area contributed by atoms with E-state index >= 15 is 0 Å². The Balaban J connectivity index is 1.66. The van der Waals surface area contributed by atoms with Crippen molar-refractivity contribution in [1.82, 2.24) is 0 Å². The number of benzene rings is 2. The monoisotopic (exact) mass is 327 g/mol. The summed E-state index contributed by atoms with van der Waals surface area (Å²) in [6.07, 6.45) is 6.46. The number of aliphatic hydroxyl groups excluding tert-OH is 1. The molecule has 5 rings (SSSR count). The summed E-state index contributed by atoms with van der Waals surface area (Å²) in [4.78, 5) is 15.2. The van der Waals surface area contributed by atoms with E-state index in [0.717, 1.165) is 28.0 Å². The standard InChI is InChI=1S/C22H17NO2/c24-21-17-11-6-10-16-15-9-4-5-12-19(15)23(20(16)17)22(25)18(21)13-14-7-2-1-3-8-14/h1-12,18,20,24H,13H2. The molecule has 2 unspecified atom stereocenters. The molecule has 2 atom stereocenters. The van der Waals surface area contributed by atoms with Crippen LogP contribution in [0, 0.1) is 5.92 Å². The van der Waals surface area contributed by atoms with E-state index < -0.39 is 5.92 Å². The summed E-state index contributed by atoms with van der Waals surface area (Å²) in [5.74, 6) is -0.352. The van der Waals surface area contributed by atoms with Crippen molar-refractivity contribution in [3.63, 3.8) is 0 Å². The van der Waals surface area contributed by atoms with E-state index in [4.69, 9.17) is 0 Å². The summed E-state index contributed by atoms with van der Waals surface area (Å²) in [6.45, 7) is 0. The molecule has 122 valence electrons. The van der Waals surface area contributed by atoms with Crippen molar-refractivity contribution < 1.29 is 9.90 Å². The Labute approximate surface area is 146 Å². The summed E-state index contributed by atoms with van der Waals surface area (Å²) in [7, 11) is 0. The zero-order valence-corrected chi connectivity index (χ0v) is 13.6. The van der Waals surface area contributed by atoms with E-state index in [0.29, 0.717) is 6.42 Å². The van der Waals surface area contributed by atoms with Gasteiger partial charge >= 0.3 is 0 Å². The van der Waals surface area contributed by atoms with Gasteiger partial charge in [-0.15, -0.1) is 0 Å². The fourth-order valence-electron chi connectivity index (χ4n) is 4.18. The number of carbonyl (C=O) groups excluding carboxylic acids is 1. The summed E-state index contributed by atoms with van der Waals surface area (Å²) in [6, 6.07) is 17.7. The first kappa shape index (κ1) is 14.3. The number of rotatable bonds is 2. The second-order valence-electron chi connectivity index (χ2n) is 6.69. The molecule has 2 aromatic carbocycles. The van der Waals surface area contributed by atoms with Gasteiger partial charge in [0, 0.05) is 11.1 Å². The van der Waals surface area contributed by atoms with Crippen LogP contribution in [0.3, 0.4) is 0 Å². The minimum atomic E-state index is -0.538. The number of anilines is 1. The van der Waals surface area contributed by atoms with E-state index in [9.17, 15) is 9.90 Å². The molecule has 0 fully saturated rings. The van der Waals surface area contributed by atoms with Gasteiger partial charge in [-0.2, -0.15) is 0 Å². The second-order valence-corrected chi connectivity index (χ2v) is 6.69. The Morgan fingerprint density at radius 2 is 1.76 bits per heavy atom. The molecule has 0 aromatic heterocycles. The number of allylic oxidation sites excluding steroid dienone is 2. The number of hydrogen-bond donors (Lipinski definition) is 1. The zero-order chi connectivity index (χ0) is 17.0. The fourth-order valence-corrected chi connectivity index (χ4v) is 4.18. The third-order valence-corrected chi connectivity index (χ3v) is 5.32. The topological polar surface area (TPSA) is 40.5 Å². The molecule has 2 aliphatic heterocycles. The van der Waals surface area contributed by atoms with Crippen LogP contribution in [-0.4, -0.2) is 17.1 Å². The number of para-hydroxylation sites is 1. The normalized spacial score (nSPS) is 23.4. The molecular weight excluding hydrogens is 310 g/mol. The SMILES string of the molecule is O=C1C(Cc2ccccc2)C(O)=C2C=CC=C3c4ccccc4N1C32. The van der Waals surface area contributed by atoms with Crippen LogP contribution in [0.25, 0.3) is 5.57 Å². The minimum absolute atomic E-state index is 0.0266. The fraction of sp³-hybridized carbons (Fsp3) is 0.136. The van der Waals surface area contributed by atoms with Crippen LogP contribution in [0.4, 0.5) is 5.69 Å². The van der Waals surface area contributed by atoms with E-state index in [-0.39, 0.29) is 17.7 Å². The predicted octanol–water partition coefficient (Wildman–Crippen LogP) is 4.04. The zero-order valence-electron chi connectivity index (χ0n) is 13.6. The molecule has 2 aromatic rings. The first-order valence-electron chi connectivity index (χ1n) is 8.53. The van der Waals surface area contributed by atoms with Gasteiger partial charge in [-0.3, -0.25) is 9.69 Å². The molecule has 0 saturated heterocycles. The Morgan fingerprint density at radius 1 is 1.00 bits per heavy atom. The molecule has 1 N–H and O–H groups in total. The number of hydrogen-bond acceptors (Lipinski definition) is 2. The van der Waals surface area contributed by atoms with Crippen molar-refractivity contribution in [2.24, 2.45) is 5.92 Å². The molecule has 2 heterocycles. The minimum Gasteiger partial charge on any atom is -0.511 e. The van der Waals surface area contributed by atoms with Crippen molar-refractivity contribution in [3.8, 4) is 0 Å². The highest BCUT2D eigenvalue weighted by Crippen LogP contribution is 2.49. The average molecular weight is 327 g/mol. The lowest BCUT2D eigenvalue weighted by Gasteiger charge is -2.37. The van der Waals surface area contributed by atoms with E-state index in [1.54, 1.807) is 0 Å². The van der Waals surface area contributed by atoms with Gasteiger partial charge in [0.2, 0.25) is 5.91 Å². The Kier molecular flexibility index (Phi) is 2.98. The van der Waals surface area contributed by atoms with E-state index in [2.05, 4.69) is 0 Å². The quantitative estimate of drug-likeness (QED) is 0.904. The smallest absolute Gasteiger partial charge is 0.238 e. The first-order valence-corrected chi connectivity index (χ1v) is 8.53. The first-order chi connectivity index (χ1) is 12.3. The van der Waals surface area contributed by atoms with Crippen molar-refractivity contribution >= 4 is 17.2 Å². The maximum absolute atomic E-state index is 13.3. The molecular formula is C22H17NO2. The predicted molar refractivity (Wildman–Crippen MR) is 98.1 cm³/mol. The summed E-state index contributed by atoms with van der Waals surface area (Å²) < 4.78 is 0. The molecule has 3 nitrogen and oxygen atoms in total. The van der Waals surface area contributed by atoms with E-state index in [1.165, 1.54) is 0 Å². The van der Waals surface area contributed by atoms with Gasteiger partial charge in [-0.05, 0) is 23.6 Å². The second kappa shape index (κ2) is 5.21. The highest BCUT2D eigenvalue weighted by atomic mass is 16.3. The number of amides is 1. The molecule has 3 heteroatoms. The van der Waals surface area contributed by atoms with Gasteiger partial charge in [0.25, 0.3) is 0 Å². The molecule has 1 amide bonds. The largest absolute Gasteiger partial charge is 0.511 e. The van der Waals surface area contributed by atoms with Gasteiger partial charge in [0.05, 0.1) is 11.7 Å². The van der Waals surface area contributed by atoms with Gasteiger partial charge in [0.15, 0.2) is 0 Å². The van der Waals surface area contributed by atoms with Crippen LogP contribution < -0.4 is 4.90 Å². The number of fused-ring (bicyclic) bond motifs is 3. The van der Waals surface area contributed by atoms with Crippen molar-refractivity contribution in [2.75, 3.05) is 4.90 Å². The maximum atomic E-state index is 13.3. The van der Waals surface area contributed by atoms with Crippen LogP contribution in [0.1, 0.15) is 11.1 Å².